The van der Waals surface area contributed by atoms with E-state index in [4.69, 9.17) is 4.43 Å². The van der Waals surface area contributed by atoms with Crippen LogP contribution in [0.2, 0.25) is 16.6 Å². The van der Waals surface area contributed by atoms with Crippen molar-refractivity contribution in [2.45, 2.75) is 142 Å². The van der Waals surface area contributed by atoms with E-state index in [1.165, 1.54) is 77.0 Å². The van der Waals surface area contributed by atoms with E-state index in [-0.39, 0.29) is 0 Å². The van der Waals surface area contributed by atoms with Crippen LogP contribution in [-0.2, 0) is 4.43 Å². The van der Waals surface area contributed by atoms with Gasteiger partial charge in [0.05, 0.1) is 0 Å². The number of unbranched alkanes of at least 4 members (excludes halogenated alkanes) is 11. The summed E-state index contributed by atoms with van der Waals surface area (Å²) in [6.07, 6.45) is 16.9. The van der Waals surface area contributed by atoms with Crippen LogP contribution in [0, 0.1) is 0 Å². The molecule has 0 N–H and O–H groups in total. The van der Waals surface area contributed by atoms with Gasteiger partial charge in [0, 0.05) is 6.61 Å². The Kier molecular flexibility index (Phi) is 15.4. The molecule has 0 radical (unpaired) electrons. The summed E-state index contributed by atoms with van der Waals surface area (Å²) in [5.41, 5.74) is 2.14. The van der Waals surface area contributed by atoms with Crippen LogP contribution in [-0.4, -0.2) is 14.9 Å². The van der Waals surface area contributed by atoms with Gasteiger partial charge in [-0.15, -0.1) is 0 Å². The van der Waals surface area contributed by atoms with Crippen molar-refractivity contribution in [3.8, 4) is 0 Å². The zero-order valence-corrected chi connectivity index (χ0v) is 19.8. The molecule has 0 saturated carbocycles. The SMILES string of the molecule is CCCCCCCCCCCCCCO[Si](C(C)C)(C(C)C)C(C)C. The molecule has 0 atom stereocenters. The van der Waals surface area contributed by atoms with Crippen molar-refractivity contribution in [3.63, 3.8) is 0 Å². The van der Waals surface area contributed by atoms with E-state index in [1.54, 1.807) is 0 Å². The quantitative estimate of drug-likeness (QED) is 0.183. The third-order valence-corrected chi connectivity index (χ3v) is 12.2. The van der Waals surface area contributed by atoms with Gasteiger partial charge in [-0.05, 0) is 23.0 Å². The van der Waals surface area contributed by atoms with E-state index in [1.807, 2.05) is 0 Å². The van der Waals surface area contributed by atoms with Crippen LogP contribution < -0.4 is 0 Å². The van der Waals surface area contributed by atoms with E-state index in [0.29, 0.717) is 16.6 Å². The fourth-order valence-corrected chi connectivity index (χ4v) is 10.2. The summed E-state index contributed by atoms with van der Waals surface area (Å²) in [6.45, 7) is 17.6. The zero-order valence-electron chi connectivity index (χ0n) is 18.8. The number of hydrogen-bond donors (Lipinski definition) is 0. The van der Waals surface area contributed by atoms with Crippen LogP contribution >= 0.6 is 0 Å². The van der Waals surface area contributed by atoms with Crippen LogP contribution in [0.15, 0.2) is 0 Å². The first-order valence-corrected chi connectivity index (χ1v) is 13.7. The molecule has 0 saturated heterocycles. The van der Waals surface area contributed by atoms with Crippen molar-refractivity contribution in [1.29, 1.82) is 0 Å². The van der Waals surface area contributed by atoms with Gasteiger partial charge in [0.25, 0.3) is 0 Å². The lowest BCUT2D eigenvalue weighted by Crippen LogP contribution is -2.47. The van der Waals surface area contributed by atoms with Gasteiger partial charge in [-0.3, -0.25) is 0 Å². The molecule has 0 aromatic rings. The Labute approximate surface area is 161 Å². The Bertz CT molecular complexity index is 264. The standard InChI is InChI=1S/C23H50OSi/c1-8-9-10-11-12-13-14-15-16-17-18-19-20-24-25(21(2)3,22(4)5)23(6)7/h21-23H,8-20H2,1-7H3. The summed E-state index contributed by atoms with van der Waals surface area (Å²) in [7, 11) is -1.63. The molecule has 0 heterocycles. The molecular formula is C23H50OSi. The highest BCUT2D eigenvalue weighted by Gasteiger charge is 2.44. The predicted molar refractivity (Wildman–Crippen MR) is 118 cm³/mol. The van der Waals surface area contributed by atoms with Gasteiger partial charge in [0.2, 0.25) is 0 Å². The Hall–Kier alpha value is 0.177. The summed E-state index contributed by atoms with van der Waals surface area (Å²) in [4.78, 5) is 0. The van der Waals surface area contributed by atoms with Gasteiger partial charge >= 0.3 is 0 Å². The molecule has 0 unspecified atom stereocenters. The van der Waals surface area contributed by atoms with Crippen LogP contribution in [0.3, 0.4) is 0 Å². The van der Waals surface area contributed by atoms with Crippen molar-refractivity contribution < 1.29 is 4.43 Å². The third kappa shape index (κ3) is 10.2. The van der Waals surface area contributed by atoms with Crippen LogP contribution in [0.1, 0.15) is 126 Å². The first-order valence-electron chi connectivity index (χ1n) is 11.5. The largest absolute Gasteiger partial charge is 0.416 e. The maximum absolute atomic E-state index is 6.64. The molecular weight excluding hydrogens is 320 g/mol. The lowest BCUT2D eigenvalue weighted by atomic mass is 10.1. The van der Waals surface area contributed by atoms with Crippen molar-refractivity contribution >= 4 is 8.32 Å². The van der Waals surface area contributed by atoms with Gasteiger partial charge in [-0.25, -0.2) is 0 Å². The molecule has 0 aliphatic rings. The lowest BCUT2D eigenvalue weighted by molar-refractivity contribution is 0.267. The molecule has 152 valence electrons. The lowest BCUT2D eigenvalue weighted by Gasteiger charge is -2.42. The van der Waals surface area contributed by atoms with Crippen LogP contribution in [0.4, 0.5) is 0 Å². The van der Waals surface area contributed by atoms with Gasteiger partial charge < -0.3 is 4.43 Å². The van der Waals surface area contributed by atoms with Crippen molar-refractivity contribution in [3.05, 3.63) is 0 Å². The van der Waals surface area contributed by atoms with E-state index in [9.17, 15) is 0 Å². The van der Waals surface area contributed by atoms with Gasteiger partial charge in [0.15, 0.2) is 8.32 Å². The van der Waals surface area contributed by atoms with Gasteiger partial charge in [0.1, 0.15) is 0 Å². The van der Waals surface area contributed by atoms with Crippen molar-refractivity contribution in [2.75, 3.05) is 6.61 Å². The van der Waals surface area contributed by atoms with Crippen molar-refractivity contribution in [2.24, 2.45) is 0 Å². The monoisotopic (exact) mass is 370 g/mol. The van der Waals surface area contributed by atoms with Crippen molar-refractivity contribution in [1.82, 2.24) is 0 Å². The fraction of sp³-hybridized carbons (Fsp3) is 1.00. The first kappa shape index (κ1) is 25.2. The highest BCUT2D eigenvalue weighted by atomic mass is 28.4. The minimum absolute atomic E-state index is 0.713. The number of hydrogen-bond acceptors (Lipinski definition) is 1. The topological polar surface area (TPSA) is 9.23 Å². The van der Waals surface area contributed by atoms with E-state index in [2.05, 4.69) is 48.5 Å². The molecule has 0 bridgehead atoms. The highest BCUT2D eigenvalue weighted by Crippen LogP contribution is 2.42. The average molecular weight is 371 g/mol. The Morgan fingerprint density at radius 2 is 0.840 bits per heavy atom. The molecule has 25 heavy (non-hydrogen) atoms. The van der Waals surface area contributed by atoms with E-state index in [0.717, 1.165) is 6.61 Å². The maximum Gasteiger partial charge on any atom is 0.200 e. The molecule has 2 heteroatoms. The summed E-state index contributed by atoms with van der Waals surface area (Å²) >= 11 is 0. The summed E-state index contributed by atoms with van der Waals surface area (Å²) in [6, 6.07) is 0. The fourth-order valence-electron chi connectivity index (χ4n) is 4.69. The van der Waals surface area contributed by atoms with Gasteiger partial charge in [-0.2, -0.15) is 0 Å². The molecule has 0 aliphatic carbocycles. The normalized spacial score (nSPS) is 12.7. The number of rotatable bonds is 17. The molecule has 1 nitrogen and oxygen atoms in total. The van der Waals surface area contributed by atoms with Crippen LogP contribution in [0.5, 0.6) is 0 Å². The molecule has 0 rings (SSSR count). The van der Waals surface area contributed by atoms with E-state index >= 15 is 0 Å². The molecule has 0 fully saturated rings. The second kappa shape index (κ2) is 15.3. The molecule has 0 spiro atoms. The molecule has 0 aromatic heterocycles. The molecule has 0 aliphatic heterocycles. The van der Waals surface area contributed by atoms with Crippen LogP contribution in [0.25, 0.3) is 0 Å². The van der Waals surface area contributed by atoms with Gasteiger partial charge in [-0.1, -0.05) is 119 Å². The van der Waals surface area contributed by atoms with E-state index < -0.39 is 8.32 Å². The summed E-state index contributed by atoms with van der Waals surface area (Å²) < 4.78 is 6.64. The first-order chi connectivity index (χ1) is 11.9. The second-order valence-corrected chi connectivity index (χ2v) is 14.5. The summed E-state index contributed by atoms with van der Waals surface area (Å²) in [5.74, 6) is 0. The smallest absolute Gasteiger partial charge is 0.200 e. The Morgan fingerprint density at radius 3 is 1.16 bits per heavy atom. The second-order valence-electron chi connectivity index (χ2n) is 9.06. The minimum Gasteiger partial charge on any atom is -0.416 e. The Morgan fingerprint density at radius 1 is 0.520 bits per heavy atom. The maximum atomic E-state index is 6.64. The minimum atomic E-state index is -1.63. The Balaban J connectivity index is 3.68. The summed E-state index contributed by atoms with van der Waals surface area (Å²) in [5, 5.41) is 0. The highest BCUT2D eigenvalue weighted by molar-refractivity contribution is 6.77. The zero-order chi connectivity index (χ0) is 19.1. The molecule has 0 aromatic carbocycles. The molecule has 0 amide bonds. The predicted octanol–water partition coefficient (Wildman–Crippen LogP) is 8.88. The third-order valence-electron chi connectivity index (χ3n) is 6.06. The average Bonchev–Trinajstić information content (AvgIpc) is 2.54.